The summed E-state index contributed by atoms with van der Waals surface area (Å²) in [6.45, 7) is -0.0521. The Kier molecular flexibility index (Phi) is 3.64. The lowest BCUT2D eigenvalue weighted by Gasteiger charge is -2.01. The third-order valence-corrected chi connectivity index (χ3v) is 5.00. The number of hydrogen-bond acceptors (Lipinski definition) is 6. The fraction of sp³-hybridized carbons (Fsp3) is 0.222. The van der Waals surface area contributed by atoms with Crippen molar-refractivity contribution in [2.75, 3.05) is 0 Å². The first-order valence-electron chi connectivity index (χ1n) is 5.04. The SMILES string of the molecule is Cn1cnc(CNS(=O)(=O)c2cc(C(=O)O)cs2)n1. The molecular formula is C9H10N4O4S2. The second-order valence-electron chi connectivity index (χ2n) is 3.62. The van der Waals surface area contributed by atoms with E-state index in [-0.39, 0.29) is 16.3 Å². The molecule has 0 aliphatic heterocycles. The van der Waals surface area contributed by atoms with E-state index in [1.54, 1.807) is 7.05 Å². The number of sulfonamides is 1. The topological polar surface area (TPSA) is 114 Å². The van der Waals surface area contributed by atoms with Gasteiger partial charge in [-0.2, -0.15) is 5.10 Å². The number of hydrogen-bond donors (Lipinski definition) is 2. The molecule has 2 aromatic rings. The molecule has 0 fully saturated rings. The molecule has 0 aromatic carbocycles. The maximum Gasteiger partial charge on any atom is 0.336 e. The van der Waals surface area contributed by atoms with Crippen molar-refractivity contribution in [3.63, 3.8) is 0 Å². The van der Waals surface area contributed by atoms with E-state index >= 15 is 0 Å². The lowest BCUT2D eigenvalue weighted by molar-refractivity contribution is 0.0697. The third-order valence-electron chi connectivity index (χ3n) is 2.15. The molecule has 2 rings (SSSR count). The normalized spacial score (nSPS) is 11.6. The zero-order valence-electron chi connectivity index (χ0n) is 9.77. The molecule has 0 aliphatic rings. The first-order chi connectivity index (χ1) is 8.88. The van der Waals surface area contributed by atoms with Gasteiger partial charge in [0.25, 0.3) is 0 Å². The van der Waals surface area contributed by atoms with Crippen molar-refractivity contribution in [1.29, 1.82) is 0 Å². The van der Waals surface area contributed by atoms with E-state index in [4.69, 9.17) is 5.11 Å². The molecule has 0 saturated heterocycles. The number of carbonyl (C=O) groups is 1. The lowest BCUT2D eigenvalue weighted by Crippen LogP contribution is -2.23. The summed E-state index contributed by atoms with van der Waals surface area (Å²) < 4.78 is 27.5. The second kappa shape index (κ2) is 5.07. The summed E-state index contributed by atoms with van der Waals surface area (Å²) in [6, 6.07) is 1.11. The first-order valence-corrected chi connectivity index (χ1v) is 7.41. The van der Waals surface area contributed by atoms with Gasteiger partial charge in [0.1, 0.15) is 10.5 Å². The molecule has 0 radical (unpaired) electrons. The summed E-state index contributed by atoms with van der Waals surface area (Å²) in [6.07, 6.45) is 1.46. The van der Waals surface area contributed by atoms with Crippen molar-refractivity contribution >= 4 is 27.3 Å². The molecule has 0 atom stereocenters. The van der Waals surface area contributed by atoms with Crippen molar-refractivity contribution in [3.8, 4) is 0 Å². The number of aromatic nitrogens is 3. The third kappa shape index (κ3) is 3.16. The molecule has 2 heterocycles. The Bertz CT molecular complexity index is 703. The minimum atomic E-state index is -3.75. The predicted octanol–water partition coefficient (Wildman–Crippen LogP) is 0.0533. The number of thiophene rings is 1. The highest BCUT2D eigenvalue weighted by Crippen LogP contribution is 2.20. The molecule has 0 aliphatic carbocycles. The molecule has 0 unspecified atom stereocenters. The molecule has 0 spiro atoms. The van der Waals surface area contributed by atoms with E-state index in [1.165, 1.54) is 16.4 Å². The van der Waals surface area contributed by atoms with Crippen LogP contribution in [0.2, 0.25) is 0 Å². The Labute approximate surface area is 112 Å². The Morgan fingerprint density at radius 3 is 2.84 bits per heavy atom. The van der Waals surface area contributed by atoms with Crippen LogP contribution in [0.1, 0.15) is 16.2 Å². The highest BCUT2D eigenvalue weighted by Gasteiger charge is 2.19. The lowest BCUT2D eigenvalue weighted by atomic mass is 10.4. The average Bonchev–Trinajstić information content (AvgIpc) is 2.95. The molecular weight excluding hydrogens is 292 g/mol. The Hall–Kier alpha value is -1.78. The van der Waals surface area contributed by atoms with Gasteiger partial charge in [-0.3, -0.25) is 4.68 Å². The van der Waals surface area contributed by atoms with Gasteiger partial charge in [0, 0.05) is 12.4 Å². The fourth-order valence-electron chi connectivity index (χ4n) is 1.27. The van der Waals surface area contributed by atoms with E-state index in [0.29, 0.717) is 5.82 Å². The first kappa shape index (κ1) is 13.6. The van der Waals surface area contributed by atoms with Crippen molar-refractivity contribution < 1.29 is 18.3 Å². The Morgan fingerprint density at radius 2 is 2.32 bits per heavy atom. The van der Waals surface area contributed by atoms with Crippen LogP contribution in [0.15, 0.2) is 22.0 Å². The van der Waals surface area contributed by atoms with E-state index < -0.39 is 16.0 Å². The largest absolute Gasteiger partial charge is 0.478 e. The highest BCUT2D eigenvalue weighted by molar-refractivity contribution is 7.91. The standard InChI is InChI=1S/C9H10N4O4S2/c1-13-5-10-7(12-13)3-11-19(16,17)8-2-6(4-18-8)9(14)15/h2,4-5,11H,3H2,1H3,(H,14,15). The summed E-state index contributed by atoms with van der Waals surface area (Å²) in [4.78, 5) is 14.6. The molecule has 2 N–H and O–H groups in total. The zero-order valence-corrected chi connectivity index (χ0v) is 11.4. The molecule has 0 amide bonds. The maximum absolute atomic E-state index is 11.9. The van der Waals surface area contributed by atoms with Crippen LogP contribution in [0.25, 0.3) is 0 Å². The molecule has 102 valence electrons. The van der Waals surface area contributed by atoms with Gasteiger partial charge in [-0.15, -0.1) is 11.3 Å². The van der Waals surface area contributed by atoms with Gasteiger partial charge in [0.2, 0.25) is 10.0 Å². The van der Waals surface area contributed by atoms with E-state index in [2.05, 4.69) is 14.8 Å². The van der Waals surface area contributed by atoms with Crippen molar-refractivity contribution in [1.82, 2.24) is 19.5 Å². The Morgan fingerprint density at radius 1 is 1.58 bits per heavy atom. The highest BCUT2D eigenvalue weighted by atomic mass is 32.2. The average molecular weight is 302 g/mol. The van der Waals surface area contributed by atoms with Crippen LogP contribution in [-0.2, 0) is 23.6 Å². The van der Waals surface area contributed by atoms with E-state index in [0.717, 1.165) is 17.4 Å². The van der Waals surface area contributed by atoms with Crippen LogP contribution in [0.5, 0.6) is 0 Å². The molecule has 2 aromatic heterocycles. The minimum absolute atomic E-state index is 0.0521. The van der Waals surface area contributed by atoms with Crippen molar-refractivity contribution in [2.24, 2.45) is 7.05 Å². The molecule has 0 saturated carbocycles. The molecule has 10 heteroatoms. The van der Waals surface area contributed by atoms with Crippen LogP contribution < -0.4 is 4.72 Å². The van der Waals surface area contributed by atoms with Crippen LogP contribution in [0.3, 0.4) is 0 Å². The number of rotatable bonds is 5. The van der Waals surface area contributed by atoms with Crippen LogP contribution in [0.4, 0.5) is 0 Å². The zero-order chi connectivity index (χ0) is 14.0. The number of nitrogens with one attached hydrogen (secondary N) is 1. The number of carboxylic acids is 1. The van der Waals surface area contributed by atoms with Gasteiger partial charge in [-0.05, 0) is 6.07 Å². The smallest absolute Gasteiger partial charge is 0.336 e. The molecule has 0 bridgehead atoms. The predicted molar refractivity (Wildman–Crippen MR) is 66.3 cm³/mol. The van der Waals surface area contributed by atoms with Crippen LogP contribution >= 0.6 is 11.3 Å². The van der Waals surface area contributed by atoms with Crippen LogP contribution in [0, 0.1) is 0 Å². The number of aryl methyl sites for hydroxylation is 1. The maximum atomic E-state index is 11.9. The number of nitrogens with zero attached hydrogens (tertiary/aromatic N) is 3. The quantitative estimate of drug-likeness (QED) is 0.807. The van der Waals surface area contributed by atoms with E-state index in [9.17, 15) is 13.2 Å². The van der Waals surface area contributed by atoms with Gasteiger partial charge in [0.05, 0.1) is 12.1 Å². The van der Waals surface area contributed by atoms with Gasteiger partial charge >= 0.3 is 5.97 Å². The molecule has 19 heavy (non-hydrogen) atoms. The van der Waals surface area contributed by atoms with Crippen molar-refractivity contribution in [3.05, 3.63) is 29.2 Å². The summed E-state index contributed by atoms with van der Waals surface area (Å²) >= 11 is 0.848. The second-order valence-corrected chi connectivity index (χ2v) is 6.52. The van der Waals surface area contributed by atoms with Gasteiger partial charge in [-0.25, -0.2) is 22.9 Å². The Balaban J connectivity index is 2.11. The summed E-state index contributed by atoms with van der Waals surface area (Å²) in [5.74, 6) is -0.829. The monoisotopic (exact) mass is 302 g/mol. The number of aromatic carboxylic acids is 1. The molecule has 8 nitrogen and oxygen atoms in total. The number of carboxylic acid groups (broad SMARTS) is 1. The summed E-state index contributed by atoms with van der Waals surface area (Å²) in [5, 5.41) is 13.9. The van der Waals surface area contributed by atoms with Gasteiger partial charge in [0.15, 0.2) is 5.82 Å². The van der Waals surface area contributed by atoms with E-state index in [1.807, 2.05) is 0 Å². The van der Waals surface area contributed by atoms with Gasteiger partial charge < -0.3 is 5.11 Å². The fourth-order valence-corrected chi connectivity index (χ4v) is 3.44. The van der Waals surface area contributed by atoms with Crippen LogP contribution in [-0.4, -0.2) is 34.3 Å². The summed E-state index contributed by atoms with van der Waals surface area (Å²) in [7, 11) is -2.08. The van der Waals surface area contributed by atoms with Gasteiger partial charge in [-0.1, -0.05) is 0 Å². The summed E-state index contributed by atoms with van der Waals surface area (Å²) in [5.41, 5.74) is -0.0543. The van der Waals surface area contributed by atoms with Crippen molar-refractivity contribution in [2.45, 2.75) is 10.8 Å². The minimum Gasteiger partial charge on any atom is -0.478 e.